The van der Waals surface area contributed by atoms with E-state index in [-0.39, 0.29) is 17.6 Å². The monoisotopic (exact) mass is 406 g/mol. The van der Waals surface area contributed by atoms with Crippen LogP contribution < -0.4 is 10.6 Å². The van der Waals surface area contributed by atoms with Gasteiger partial charge in [0.25, 0.3) is 0 Å². The Morgan fingerprint density at radius 1 is 1.15 bits per heavy atom. The highest BCUT2D eigenvalue weighted by Gasteiger charge is 2.02. The molecule has 0 aromatic heterocycles. The summed E-state index contributed by atoms with van der Waals surface area (Å²) in [5.74, 6) is 0.203. The Hall–Kier alpha value is -0.760. The molecular formula is C14H19IN2O2S. The first-order valence-corrected chi connectivity index (χ1v) is 8.26. The second kappa shape index (κ2) is 10.0. The van der Waals surface area contributed by atoms with Crippen molar-refractivity contribution < 1.29 is 9.59 Å². The van der Waals surface area contributed by atoms with Crippen molar-refractivity contribution in [2.75, 3.05) is 17.6 Å². The quantitative estimate of drug-likeness (QED) is 0.353. The highest BCUT2D eigenvalue weighted by molar-refractivity contribution is 14.1. The zero-order valence-electron chi connectivity index (χ0n) is 11.2. The molecule has 0 unspecified atom stereocenters. The number of carbonyl (C=O) groups excluding carboxylic acids is 2. The van der Waals surface area contributed by atoms with Gasteiger partial charge in [-0.15, -0.1) is 0 Å². The molecule has 0 saturated carbocycles. The molecule has 6 heteroatoms. The van der Waals surface area contributed by atoms with Gasteiger partial charge in [0.1, 0.15) is 0 Å². The molecule has 4 nitrogen and oxygen atoms in total. The molecule has 20 heavy (non-hydrogen) atoms. The lowest BCUT2D eigenvalue weighted by molar-refractivity contribution is -0.118. The summed E-state index contributed by atoms with van der Waals surface area (Å²) in [6.45, 7) is 0.651. The maximum Gasteiger partial charge on any atom is 0.229 e. The number of thiol groups is 1. The molecule has 0 aliphatic carbocycles. The molecule has 0 atom stereocenters. The van der Waals surface area contributed by atoms with E-state index in [0.717, 1.165) is 28.5 Å². The van der Waals surface area contributed by atoms with E-state index in [1.54, 1.807) is 0 Å². The Morgan fingerprint density at radius 3 is 2.65 bits per heavy atom. The number of amides is 2. The lowest BCUT2D eigenvalue weighted by Gasteiger charge is -2.06. The third-order valence-corrected chi connectivity index (χ3v) is 3.61. The van der Waals surface area contributed by atoms with E-state index in [9.17, 15) is 9.59 Å². The standard InChI is InChI=1S/C14H19IN2O2S/c15-11-5-4-6-12(9-11)17-13(18)7-2-1-3-8-16-14(19)10-20/h4-6,9,20H,1-3,7-8,10H2,(H,16,19)(H,17,18). The van der Waals surface area contributed by atoms with E-state index in [0.29, 0.717) is 13.0 Å². The number of halogens is 1. The van der Waals surface area contributed by atoms with E-state index in [2.05, 4.69) is 45.9 Å². The number of hydrogen-bond acceptors (Lipinski definition) is 3. The van der Waals surface area contributed by atoms with Crippen LogP contribution in [-0.2, 0) is 9.59 Å². The predicted molar refractivity (Wildman–Crippen MR) is 93.1 cm³/mol. The van der Waals surface area contributed by atoms with Gasteiger partial charge in [0.15, 0.2) is 0 Å². The molecule has 0 saturated heterocycles. The average molecular weight is 406 g/mol. The molecule has 0 aliphatic heterocycles. The first-order valence-electron chi connectivity index (χ1n) is 6.55. The van der Waals surface area contributed by atoms with Crippen molar-refractivity contribution >= 4 is 52.7 Å². The van der Waals surface area contributed by atoms with Crippen LogP contribution in [0.3, 0.4) is 0 Å². The van der Waals surface area contributed by atoms with Crippen molar-refractivity contribution in [1.82, 2.24) is 5.32 Å². The third kappa shape index (κ3) is 7.74. The number of hydrogen-bond donors (Lipinski definition) is 3. The maximum atomic E-state index is 11.7. The molecule has 1 aromatic rings. The first-order chi connectivity index (χ1) is 9.61. The van der Waals surface area contributed by atoms with Gasteiger partial charge in [-0.1, -0.05) is 12.5 Å². The number of rotatable bonds is 8. The van der Waals surface area contributed by atoms with E-state index < -0.39 is 0 Å². The molecule has 1 aromatic carbocycles. The largest absolute Gasteiger partial charge is 0.355 e. The average Bonchev–Trinajstić information content (AvgIpc) is 2.42. The lowest BCUT2D eigenvalue weighted by Crippen LogP contribution is -2.25. The van der Waals surface area contributed by atoms with Crippen molar-refractivity contribution in [2.45, 2.75) is 25.7 Å². The summed E-state index contributed by atoms with van der Waals surface area (Å²) < 4.78 is 1.10. The molecule has 1 rings (SSSR count). The van der Waals surface area contributed by atoms with Crippen LogP contribution in [0.5, 0.6) is 0 Å². The smallest absolute Gasteiger partial charge is 0.229 e. The molecule has 2 amide bonds. The molecular weight excluding hydrogens is 387 g/mol. The summed E-state index contributed by atoms with van der Waals surface area (Å²) in [6, 6.07) is 7.72. The summed E-state index contributed by atoms with van der Waals surface area (Å²) in [5.41, 5.74) is 0.836. The second-order valence-corrected chi connectivity index (χ2v) is 5.94. The minimum Gasteiger partial charge on any atom is -0.355 e. The Morgan fingerprint density at radius 2 is 1.95 bits per heavy atom. The van der Waals surface area contributed by atoms with Crippen LogP contribution in [0.2, 0.25) is 0 Å². The van der Waals surface area contributed by atoms with E-state index in [4.69, 9.17) is 0 Å². The SMILES string of the molecule is O=C(CS)NCCCCCC(=O)Nc1cccc(I)c1. The highest BCUT2D eigenvalue weighted by Crippen LogP contribution is 2.13. The summed E-state index contributed by atoms with van der Waals surface area (Å²) in [6.07, 6.45) is 3.14. The van der Waals surface area contributed by atoms with Gasteiger partial charge in [0.2, 0.25) is 11.8 Å². The van der Waals surface area contributed by atoms with Gasteiger partial charge in [0, 0.05) is 22.2 Å². The van der Waals surface area contributed by atoms with Gasteiger partial charge in [-0.05, 0) is 53.6 Å². The van der Waals surface area contributed by atoms with Crippen LogP contribution in [0, 0.1) is 3.57 Å². The van der Waals surface area contributed by atoms with Crippen molar-refractivity contribution in [1.29, 1.82) is 0 Å². The highest BCUT2D eigenvalue weighted by atomic mass is 127. The third-order valence-electron chi connectivity index (χ3n) is 2.65. The van der Waals surface area contributed by atoms with E-state index in [1.165, 1.54) is 0 Å². The van der Waals surface area contributed by atoms with Crippen LogP contribution >= 0.6 is 35.2 Å². The van der Waals surface area contributed by atoms with Crippen molar-refractivity contribution in [2.24, 2.45) is 0 Å². The minimum absolute atomic E-state index is 0.0337. The Balaban J connectivity index is 2.10. The fourth-order valence-electron chi connectivity index (χ4n) is 1.66. The number of nitrogens with one attached hydrogen (secondary N) is 2. The van der Waals surface area contributed by atoms with Crippen LogP contribution in [0.1, 0.15) is 25.7 Å². The molecule has 0 bridgehead atoms. The number of carbonyl (C=O) groups is 2. The summed E-state index contributed by atoms with van der Waals surface area (Å²) in [5, 5.41) is 5.63. The summed E-state index contributed by atoms with van der Waals surface area (Å²) in [4.78, 5) is 22.6. The van der Waals surface area contributed by atoms with Crippen molar-refractivity contribution in [3.8, 4) is 0 Å². The second-order valence-electron chi connectivity index (χ2n) is 4.38. The summed E-state index contributed by atoms with van der Waals surface area (Å²) in [7, 11) is 0. The van der Waals surface area contributed by atoms with Gasteiger partial charge in [-0.2, -0.15) is 12.6 Å². The van der Waals surface area contributed by atoms with Crippen LogP contribution in [0.4, 0.5) is 5.69 Å². The van der Waals surface area contributed by atoms with Gasteiger partial charge in [0.05, 0.1) is 5.75 Å². The molecule has 2 N–H and O–H groups in total. The Kier molecular flexibility index (Phi) is 8.68. The molecule has 0 radical (unpaired) electrons. The first kappa shape index (κ1) is 17.3. The van der Waals surface area contributed by atoms with Gasteiger partial charge in [-0.25, -0.2) is 0 Å². The molecule has 0 heterocycles. The Bertz CT molecular complexity index is 455. The van der Waals surface area contributed by atoms with Crippen molar-refractivity contribution in [3.63, 3.8) is 0 Å². The number of anilines is 1. The van der Waals surface area contributed by atoms with Crippen molar-refractivity contribution in [3.05, 3.63) is 27.8 Å². The van der Waals surface area contributed by atoms with E-state index in [1.807, 2.05) is 24.3 Å². The predicted octanol–water partition coefficient (Wildman–Crippen LogP) is 2.84. The van der Waals surface area contributed by atoms with Crippen LogP contribution in [0.15, 0.2) is 24.3 Å². The zero-order chi connectivity index (χ0) is 14.8. The lowest BCUT2D eigenvalue weighted by atomic mass is 10.2. The van der Waals surface area contributed by atoms with Gasteiger partial charge >= 0.3 is 0 Å². The van der Waals surface area contributed by atoms with Crippen LogP contribution in [-0.4, -0.2) is 24.1 Å². The number of unbranched alkanes of at least 4 members (excludes halogenated alkanes) is 2. The molecule has 0 fully saturated rings. The molecule has 0 spiro atoms. The molecule has 0 aliphatic rings. The van der Waals surface area contributed by atoms with Gasteiger partial charge < -0.3 is 10.6 Å². The summed E-state index contributed by atoms with van der Waals surface area (Å²) >= 11 is 6.09. The zero-order valence-corrected chi connectivity index (χ0v) is 14.2. The normalized spacial score (nSPS) is 10.1. The number of benzene rings is 1. The van der Waals surface area contributed by atoms with E-state index >= 15 is 0 Å². The Labute approximate surface area is 138 Å². The fraction of sp³-hybridized carbons (Fsp3) is 0.429. The van der Waals surface area contributed by atoms with Crippen LogP contribution in [0.25, 0.3) is 0 Å². The molecule has 110 valence electrons. The maximum absolute atomic E-state index is 11.7. The minimum atomic E-state index is -0.0512. The van der Waals surface area contributed by atoms with Gasteiger partial charge in [-0.3, -0.25) is 9.59 Å². The fourth-order valence-corrected chi connectivity index (χ4v) is 2.32. The topological polar surface area (TPSA) is 58.2 Å².